The fraction of sp³-hybridized carbons (Fsp3) is 0.526. The average molecular weight is 480 g/mol. The number of alkyl carbamates (subject to hydrolysis) is 2. The molecular weight excluding hydrogens is 455 g/mol. The molecule has 1 aromatic rings. The highest BCUT2D eigenvalue weighted by Gasteiger charge is 2.30. The van der Waals surface area contributed by atoms with E-state index < -0.39 is 34.2 Å². The molecule has 2 amide bonds. The van der Waals surface area contributed by atoms with Crippen molar-refractivity contribution in [1.29, 1.82) is 0 Å². The third kappa shape index (κ3) is 8.85. The summed E-state index contributed by atoms with van der Waals surface area (Å²) in [5.74, 6) is 0.201. The summed E-state index contributed by atoms with van der Waals surface area (Å²) in [4.78, 5) is 28.6. The lowest BCUT2D eigenvalue weighted by atomic mass is 9.96. The number of ether oxygens (including phenoxy) is 2. The summed E-state index contributed by atoms with van der Waals surface area (Å²) in [6, 6.07) is 8.76. The number of aliphatic imine (C=N–C) groups is 1. The number of alkyl halides is 3. The molecule has 0 fully saturated rings. The summed E-state index contributed by atoms with van der Waals surface area (Å²) in [6.45, 7) is 5.39. The number of nitrogens with one attached hydrogen (secondary N) is 3. The maximum Gasteiger partial charge on any atom is 0.414 e. The van der Waals surface area contributed by atoms with Crippen LogP contribution in [-0.4, -0.2) is 46.7 Å². The van der Waals surface area contributed by atoms with Crippen LogP contribution in [0.5, 0.6) is 0 Å². The van der Waals surface area contributed by atoms with Crippen LogP contribution in [0.4, 0.5) is 9.59 Å². The molecule has 1 heterocycles. The quantitative estimate of drug-likeness (QED) is 0.565. The lowest BCUT2D eigenvalue weighted by Crippen LogP contribution is -2.54. The fourth-order valence-corrected chi connectivity index (χ4v) is 2.89. The molecule has 0 spiro atoms. The van der Waals surface area contributed by atoms with Gasteiger partial charge in [-0.1, -0.05) is 65.1 Å². The monoisotopic (exact) mass is 478 g/mol. The predicted molar refractivity (Wildman–Crippen MR) is 117 cm³/mol. The molecule has 0 unspecified atom stereocenters. The van der Waals surface area contributed by atoms with Gasteiger partial charge >= 0.3 is 12.2 Å². The van der Waals surface area contributed by atoms with Gasteiger partial charge in [0.15, 0.2) is 0 Å². The summed E-state index contributed by atoms with van der Waals surface area (Å²) < 4.78 is 8.54. The van der Waals surface area contributed by atoms with Crippen LogP contribution < -0.4 is 16.0 Å². The first-order chi connectivity index (χ1) is 13.9. The van der Waals surface area contributed by atoms with Gasteiger partial charge in [0.05, 0.1) is 12.1 Å². The molecule has 1 aromatic carbocycles. The lowest BCUT2D eigenvalue weighted by molar-refractivity contribution is 0.0491. The SMILES string of the molecule is CC(C)(C)OC(=O)N[C@H](c1ccccc1)[C@@H]1CCN=C(NC(=O)OCC(Cl)(Cl)Cl)N1. The van der Waals surface area contributed by atoms with Crippen molar-refractivity contribution in [3.63, 3.8) is 0 Å². The molecule has 166 valence electrons. The van der Waals surface area contributed by atoms with Gasteiger partial charge < -0.3 is 20.1 Å². The maximum absolute atomic E-state index is 12.4. The summed E-state index contributed by atoms with van der Waals surface area (Å²) in [6.07, 6.45) is -0.745. The zero-order chi connectivity index (χ0) is 22.4. The molecule has 0 saturated heterocycles. The van der Waals surface area contributed by atoms with Crippen molar-refractivity contribution in [2.45, 2.75) is 48.7 Å². The number of guanidine groups is 1. The molecule has 1 aliphatic heterocycles. The Morgan fingerprint density at radius 2 is 1.87 bits per heavy atom. The van der Waals surface area contributed by atoms with Gasteiger partial charge in [-0.2, -0.15) is 0 Å². The van der Waals surface area contributed by atoms with Crippen molar-refractivity contribution in [2.24, 2.45) is 4.99 Å². The Morgan fingerprint density at radius 3 is 2.47 bits per heavy atom. The van der Waals surface area contributed by atoms with Crippen LogP contribution in [0.15, 0.2) is 35.3 Å². The third-order valence-electron chi connectivity index (χ3n) is 3.85. The standard InChI is InChI=1S/C19H25Cl3N4O4/c1-18(2,3)30-17(28)25-14(12-7-5-4-6-8-12)13-9-10-23-15(24-13)26-16(27)29-11-19(20,21)22/h4-8,13-14H,9-11H2,1-3H3,(H,25,28)(H2,23,24,26,27)/t13-,14+/m0/s1. The number of amides is 2. The largest absolute Gasteiger partial charge is 0.445 e. The van der Waals surface area contributed by atoms with E-state index in [-0.39, 0.29) is 12.0 Å². The van der Waals surface area contributed by atoms with Crippen LogP contribution in [0.3, 0.4) is 0 Å². The third-order valence-corrected chi connectivity index (χ3v) is 4.18. The Labute approximate surface area is 190 Å². The van der Waals surface area contributed by atoms with Gasteiger partial charge in [-0.25, -0.2) is 9.59 Å². The molecule has 0 aromatic heterocycles. The fourth-order valence-electron chi connectivity index (χ4n) is 2.73. The minimum atomic E-state index is -1.71. The summed E-state index contributed by atoms with van der Waals surface area (Å²) >= 11 is 16.7. The number of benzene rings is 1. The van der Waals surface area contributed by atoms with E-state index in [1.54, 1.807) is 20.8 Å². The molecule has 3 N–H and O–H groups in total. The van der Waals surface area contributed by atoms with E-state index in [2.05, 4.69) is 20.9 Å². The van der Waals surface area contributed by atoms with Gasteiger partial charge in [0, 0.05) is 6.54 Å². The number of halogens is 3. The van der Waals surface area contributed by atoms with Crippen molar-refractivity contribution >= 4 is 52.9 Å². The van der Waals surface area contributed by atoms with Crippen molar-refractivity contribution in [2.75, 3.05) is 13.2 Å². The highest BCUT2D eigenvalue weighted by Crippen LogP contribution is 2.26. The van der Waals surface area contributed by atoms with Gasteiger partial charge in [-0.15, -0.1) is 0 Å². The lowest BCUT2D eigenvalue weighted by Gasteiger charge is -2.33. The van der Waals surface area contributed by atoms with Crippen LogP contribution in [0.25, 0.3) is 0 Å². The Morgan fingerprint density at radius 1 is 1.20 bits per heavy atom. The number of rotatable bonds is 4. The first-order valence-corrected chi connectivity index (χ1v) is 10.4. The van der Waals surface area contributed by atoms with E-state index in [4.69, 9.17) is 44.3 Å². The number of hydrogen-bond acceptors (Lipinski definition) is 6. The van der Waals surface area contributed by atoms with Crippen LogP contribution in [0.2, 0.25) is 0 Å². The molecule has 0 radical (unpaired) electrons. The second kappa shape index (κ2) is 10.4. The maximum atomic E-state index is 12.4. The van der Waals surface area contributed by atoms with E-state index in [1.165, 1.54) is 0 Å². The van der Waals surface area contributed by atoms with Crippen LogP contribution >= 0.6 is 34.8 Å². The van der Waals surface area contributed by atoms with Crippen molar-refractivity contribution in [1.82, 2.24) is 16.0 Å². The van der Waals surface area contributed by atoms with Crippen LogP contribution in [0.1, 0.15) is 38.8 Å². The molecule has 2 rings (SSSR count). The molecular formula is C19H25Cl3N4O4. The van der Waals surface area contributed by atoms with Crippen molar-refractivity contribution in [3.05, 3.63) is 35.9 Å². The predicted octanol–water partition coefficient (Wildman–Crippen LogP) is 4.07. The molecule has 1 aliphatic rings. The van der Waals surface area contributed by atoms with E-state index >= 15 is 0 Å². The number of carbonyl (C=O) groups excluding carboxylic acids is 2. The van der Waals surface area contributed by atoms with Gasteiger partial charge in [0.25, 0.3) is 0 Å². The smallest absolute Gasteiger partial charge is 0.414 e. The van der Waals surface area contributed by atoms with Crippen LogP contribution in [0, 0.1) is 0 Å². The first kappa shape index (κ1) is 24.4. The molecule has 11 heteroatoms. The van der Waals surface area contributed by atoms with E-state index in [9.17, 15) is 9.59 Å². The Balaban J connectivity index is 2.07. The minimum Gasteiger partial charge on any atom is -0.445 e. The Kier molecular flexibility index (Phi) is 8.46. The number of carbonyl (C=O) groups is 2. The topological polar surface area (TPSA) is 101 Å². The van der Waals surface area contributed by atoms with Gasteiger partial charge in [-0.3, -0.25) is 10.3 Å². The molecule has 0 saturated carbocycles. The van der Waals surface area contributed by atoms with Crippen LogP contribution in [-0.2, 0) is 9.47 Å². The average Bonchev–Trinajstić information content (AvgIpc) is 2.63. The summed E-state index contributed by atoms with van der Waals surface area (Å²) in [7, 11) is 0. The molecule has 8 nitrogen and oxygen atoms in total. The Hall–Kier alpha value is -1.90. The molecule has 0 aliphatic carbocycles. The zero-order valence-electron chi connectivity index (χ0n) is 16.9. The minimum absolute atomic E-state index is 0.201. The van der Waals surface area contributed by atoms with Gasteiger partial charge in [0.1, 0.15) is 12.2 Å². The highest BCUT2D eigenvalue weighted by atomic mass is 35.6. The number of hydrogen-bond donors (Lipinski definition) is 3. The van der Waals surface area contributed by atoms with E-state index in [0.29, 0.717) is 13.0 Å². The van der Waals surface area contributed by atoms with Gasteiger partial charge in [-0.05, 0) is 32.8 Å². The summed E-state index contributed by atoms with van der Waals surface area (Å²) in [5, 5.41) is 8.50. The Bertz CT molecular complexity index is 763. The second-order valence-electron chi connectivity index (χ2n) is 7.62. The number of nitrogens with zero attached hydrogens (tertiary/aromatic N) is 1. The van der Waals surface area contributed by atoms with E-state index in [0.717, 1.165) is 5.56 Å². The van der Waals surface area contributed by atoms with Gasteiger partial charge in [0.2, 0.25) is 9.75 Å². The van der Waals surface area contributed by atoms with Crippen molar-refractivity contribution in [3.8, 4) is 0 Å². The normalized spacial score (nSPS) is 17.8. The van der Waals surface area contributed by atoms with Crippen molar-refractivity contribution < 1.29 is 19.1 Å². The molecule has 2 atom stereocenters. The first-order valence-electron chi connectivity index (χ1n) is 9.29. The zero-order valence-corrected chi connectivity index (χ0v) is 19.1. The second-order valence-corrected chi connectivity index (χ2v) is 10.1. The summed E-state index contributed by atoms with van der Waals surface area (Å²) in [5.41, 5.74) is 0.243. The molecule has 30 heavy (non-hydrogen) atoms. The molecule has 0 bridgehead atoms. The highest BCUT2D eigenvalue weighted by molar-refractivity contribution is 6.67. The van der Waals surface area contributed by atoms with E-state index in [1.807, 2.05) is 30.3 Å².